The SMILES string of the molecule is CC(C)c1ccc(NC(=O)C(=O)Nc2ccc(I)cc2)cc1. The molecule has 5 heteroatoms. The Kier molecular flexibility index (Phi) is 5.54. The molecule has 0 aliphatic heterocycles. The topological polar surface area (TPSA) is 58.2 Å². The van der Waals surface area contributed by atoms with Gasteiger partial charge in [0.2, 0.25) is 0 Å². The van der Waals surface area contributed by atoms with Crippen molar-refractivity contribution in [3.63, 3.8) is 0 Å². The number of hydrogen-bond donors (Lipinski definition) is 2. The molecule has 4 nitrogen and oxygen atoms in total. The van der Waals surface area contributed by atoms with Crippen molar-refractivity contribution in [2.75, 3.05) is 10.6 Å². The average molecular weight is 408 g/mol. The Morgan fingerprint density at radius 1 is 0.818 bits per heavy atom. The summed E-state index contributed by atoms with van der Waals surface area (Å²) in [6.07, 6.45) is 0. The summed E-state index contributed by atoms with van der Waals surface area (Å²) in [6, 6.07) is 14.7. The van der Waals surface area contributed by atoms with Crippen molar-refractivity contribution in [3.05, 3.63) is 57.7 Å². The molecule has 0 saturated carbocycles. The number of benzene rings is 2. The Morgan fingerprint density at radius 2 is 1.23 bits per heavy atom. The maximum absolute atomic E-state index is 11.9. The molecule has 2 N–H and O–H groups in total. The third kappa shape index (κ3) is 4.56. The molecule has 0 aliphatic carbocycles. The molecule has 114 valence electrons. The first-order valence-corrected chi connectivity index (χ1v) is 8.01. The van der Waals surface area contributed by atoms with E-state index >= 15 is 0 Å². The van der Waals surface area contributed by atoms with Crippen molar-refractivity contribution in [2.45, 2.75) is 19.8 Å². The molecule has 2 aromatic carbocycles. The van der Waals surface area contributed by atoms with Gasteiger partial charge in [-0.15, -0.1) is 0 Å². The number of halogens is 1. The molecule has 0 aromatic heterocycles. The average Bonchev–Trinajstić information content (AvgIpc) is 2.50. The molecule has 2 aromatic rings. The summed E-state index contributed by atoms with van der Waals surface area (Å²) in [7, 11) is 0. The summed E-state index contributed by atoms with van der Waals surface area (Å²) < 4.78 is 1.06. The maximum atomic E-state index is 11.9. The van der Waals surface area contributed by atoms with Crippen LogP contribution >= 0.6 is 22.6 Å². The Bertz CT molecular complexity index is 664. The fraction of sp³-hybridized carbons (Fsp3) is 0.176. The van der Waals surface area contributed by atoms with Gasteiger partial charge in [0.05, 0.1) is 0 Å². The van der Waals surface area contributed by atoms with E-state index in [1.54, 1.807) is 24.3 Å². The summed E-state index contributed by atoms with van der Waals surface area (Å²) in [6.45, 7) is 4.20. The van der Waals surface area contributed by atoms with Crippen LogP contribution in [0.15, 0.2) is 48.5 Å². The minimum Gasteiger partial charge on any atom is -0.318 e. The van der Waals surface area contributed by atoms with Gasteiger partial charge in [0.25, 0.3) is 0 Å². The van der Waals surface area contributed by atoms with E-state index in [0.29, 0.717) is 17.3 Å². The van der Waals surface area contributed by atoms with Gasteiger partial charge in [-0.05, 0) is 70.5 Å². The molecular formula is C17H17IN2O2. The van der Waals surface area contributed by atoms with Crippen LogP contribution in [-0.4, -0.2) is 11.8 Å². The van der Waals surface area contributed by atoms with E-state index < -0.39 is 11.8 Å². The first-order valence-electron chi connectivity index (χ1n) is 6.93. The van der Waals surface area contributed by atoms with Crippen molar-refractivity contribution >= 4 is 45.8 Å². The summed E-state index contributed by atoms with van der Waals surface area (Å²) >= 11 is 2.17. The standard InChI is InChI=1S/C17H17IN2O2/c1-11(2)12-3-7-14(8-4-12)19-16(21)17(22)20-15-9-5-13(18)6-10-15/h3-11H,1-2H3,(H,19,21)(H,20,22). The summed E-state index contributed by atoms with van der Waals surface area (Å²) in [5.41, 5.74) is 2.38. The van der Waals surface area contributed by atoms with Gasteiger partial charge < -0.3 is 10.6 Å². The summed E-state index contributed by atoms with van der Waals surface area (Å²) in [5.74, 6) is -0.945. The lowest BCUT2D eigenvalue weighted by molar-refractivity contribution is -0.132. The molecule has 0 unspecified atom stereocenters. The van der Waals surface area contributed by atoms with Gasteiger partial charge in [0.1, 0.15) is 0 Å². The molecule has 2 amide bonds. The van der Waals surface area contributed by atoms with Crippen LogP contribution in [0.25, 0.3) is 0 Å². The normalized spacial score (nSPS) is 10.4. The van der Waals surface area contributed by atoms with Crippen LogP contribution in [-0.2, 0) is 9.59 Å². The molecule has 0 radical (unpaired) electrons. The molecule has 0 atom stereocenters. The van der Waals surface area contributed by atoms with E-state index in [9.17, 15) is 9.59 Å². The molecule has 0 aliphatic rings. The first kappa shape index (κ1) is 16.5. The van der Waals surface area contributed by atoms with Crippen LogP contribution in [0.2, 0.25) is 0 Å². The predicted octanol–water partition coefficient (Wildman–Crippen LogP) is 3.99. The molecule has 0 saturated heterocycles. The van der Waals surface area contributed by atoms with Gasteiger partial charge >= 0.3 is 11.8 Å². The van der Waals surface area contributed by atoms with Gasteiger partial charge in [-0.1, -0.05) is 26.0 Å². The minimum absolute atomic E-state index is 0.425. The second kappa shape index (κ2) is 7.40. The van der Waals surface area contributed by atoms with Crippen LogP contribution in [0.5, 0.6) is 0 Å². The largest absolute Gasteiger partial charge is 0.318 e. The zero-order chi connectivity index (χ0) is 16.1. The number of amides is 2. The van der Waals surface area contributed by atoms with E-state index in [1.165, 1.54) is 5.56 Å². The second-order valence-electron chi connectivity index (χ2n) is 5.19. The van der Waals surface area contributed by atoms with Gasteiger partial charge in [0.15, 0.2) is 0 Å². The van der Waals surface area contributed by atoms with Crippen molar-refractivity contribution in [2.24, 2.45) is 0 Å². The predicted molar refractivity (Wildman–Crippen MR) is 96.9 cm³/mol. The highest BCUT2D eigenvalue weighted by molar-refractivity contribution is 14.1. The third-order valence-corrected chi connectivity index (χ3v) is 3.86. The van der Waals surface area contributed by atoms with Crippen LogP contribution < -0.4 is 10.6 Å². The molecular weight excluding hydrogens is 391 g/mol. The van der Waals surface area contributed by atoms with Crippen molar-refractivity contribution < 1.29 is 9.59 Å². The summed E-state index contributed by atoms with van der Waals surface area (Å²) in [4.78, 5) is 23.7. The number of nitrogens with one attached hydrogen (secondary N) is 2. The second-order valence-corrected chi connectivity index (χ2v) is 6.44. The molecule has 0 spiro atoms. The zero-order valence-electron chi connectivity index (χ0n) is 12.4. The number of hydrogen-bond acceptors (Lipinski definition) is 2. The van der Waals surface area contributed by atoms with Gasteiger partial charge in [-0.25, -0.2) is 0 Å². The number of carbonyl (C=O) groups excluding carboxylic acids is 2. The van der Waals surface area contributed by atoms with Crippen molar-refractivity contribution in [3.8, 4) is 0 Å². The molecule has 0 bridgehead atoms. The lowest BCUT2D eigenvalue weighted by Crippen LogP contribution is -2.29. The number of anilines is 2. The van der Waals surface area contributed by atoms with Crippen molar-refractivity contribution in [1.82, 2.24) is 0 Å². The van der Waals surface area contributed by atoms with Crippen LogP contribution in [0.1, 0.15) is 25.3 Å². The number of rotatable bonds is 3. The quantitative estimate of drug-likeness (QED) is 0.596. The van der Waals surface area contributed by atoms with E-state index in [4.69, 9.17) is 0 Å². The van der Waals surface area contributed by atoms with Gasteiger partial charge in [0, 0.05) is 14.9 Å². The monoisotopic (exact) mass is 408 g/mol. The molecule has 0 fully saturated rings. The molecule has 0 heterocycles. The molecule has 2 rings (SSSR count). The lowest BCUT2D eigenvalue weighted by Gasteiger charge is -2.09. The van der Waals surface area contributed by atoms with E-state index in [0.717, 1.165) is 3.57 Å². The first-order chi connectivity index (χ1) is 10.5. The van der Waals surface area contributed by atoms with E-state index in [2.05, 4.69) is 47.1 Å². The van der Waals surface area contributed by atoms with Crippen LogP contribution in [0.3, 0.4) is 0 Å². The third-order valence-electron chi connectivity index (χ3n) is 3.14. The Hall–Kier alpha value is -1.89. The summed E-state index contributed by atoms with van der Waals surface area (Å²) in [5, 5.41) is 5.15. The highest BCUT2D eigenvalue weighted by Gasteiger charge is 2.14. The lowest BCUT2D eigenvalue weighted by atomic mass is 10.0. The molecule has 22 heavy (non-hydrogen) atoms. The minimum atomic E-state index is -0.686. The van der Waals surface area contributed by atoms with Gasteiger partial charge in [-0.3, -0.25) is 9.59 Å². The Morgan fingerprint density at radius 3 is 1.64 bits per heavy atom. The van der Waals surface area contributed by atoms with Gasteiger partial charge in [-0.2, -0.15) is 0 Å². The fourth-order valence-electron chi connectivity index (χ4n) is 1.86. The fourth-order valence-corrected chi connectivity index (χ4v) is 2.22. The maximum Gasteiger partial charge on any atom is 0.314 e. The highest BCUT2D eigenvalue weighted by Crippen LogP contribution is 2.17. The smallest absolute Gasteiger partial charge is 0.314 e. The van der Waals surface area contributed by atoms with E-state index in [-0.39, 0.29) is 0 Å². The van der Waals surface area contributed by atoms with Crippen molar-refractivity contribution in [1.29, 1.82) is 0 Å². The highest BCUT2D eigenvalue weighted by atomic mass is 127. The van der Waals surface area contributed by atoms with Crippen LogP contribution in [0, 0.1) is 3.57 Å². The Balaban J connectivity index is 1.96. The van der Waals surface area contributed by atoms with E-state index in [1.807, 2.05) is 24.3 Å². The Labute approximate surface area is 143 Å². The number of carbonyl (C=O) groups is 2. The zero-order valence-corrected chi connectivity index (χ0v) is 14.5. The van der Waals surface area contributed by atoms with Crippen LogP contribution in [0.4, 0.5) is 11.4 Å².